The Balaban J connectivity index is 2.58. The van der Waals surface area contributed by atoms with E-state index in [2.05, 4.69) is 34.0 Å². The minimum atomic E-state index is 0.377. The van der Waals surface area contributed by atoms with Crippen molar-refractivity contribution in [2.75, 3.05) is 45.7 Å². The second-order valence-electron chi connectivity index (χ2n) is 4.07. The first-order valence-electron chi connectivity index (χ1n) is 6.63. The van der Waals surface area contributed by atoms with Crippen LogP contribution in [0.1, 0.15) is 19.7 Å². The molecule has 1 heterocycles. The minimum Gasteiger partial charge on any atom is -0.476 e. The van der Waals surface area contributed by atoms with Crippen LogP contribution < -0.4 is 10.1 Å². The maximum absolute atomic E-state index is 5.68. The highest BCUT2D eigenvalue weighted by Gasteiger charge is 2.05. The number of methoxy groups -OCH3 is 1. The summed E-state index contributed by atoms with van der Waals surface area (Å²) in [6, 6.07) is 1.79. The quantitative estimate of drug-likeness (QED) is 0.730. The largest absolute Gasteiger partial charge is 0.476 e. The number of aromatic nitrogens is 2. The highest BCUT2D eigenvalue weighted by Crippen LogP contribution is 2.13. The summed E-state index contributed by atoms with van der Waals surface area (Å²) < 4.78 is 10.7. The average Bonchev–Trinajstić information content (AvgIpc) is 2.43. The van der Waals surface area contributed by atoms with Gasteiger partial charge in [-0.2, -0.15) is 4.98 Å². The van der Waals surface area contributed by atoms with Gasteiger partial charge in [-0.3, -0.25) is 0 Å². The van der Waals surface area contributed by atoms with E-state index in [0.717, 1.165) is 25.5 Å². The lowest BCUT2D eigenvalue weighted by atomic mass is 10.5. The molecule has 6 heteroatoms. The first-order chi connectivity index (χ1) is 9.23. The lowest BCUT2D eigenvalue weighted by molar-refractivity contribution is 0.175. The van der Waals surface area contributed by atoms with Crippen LogP contribution in [0.2, 0.25) is 0 Å². The van der Waals surface area contributed by atoms with E-state index in [9.17, 15) is 0 Å². The molecule has 0 spiro atoms. The third-order valence-corrected chi connectivity index (χ3v) is 2.83. The summed E-state index contributed by atoms with van der Waals surface area (Å²) in [6.45, 7) is 8.23. The first-order valence-corrected chi connectivity index (χ1v) is 6.63. The van der Waals surface area contributed by atoms with E-state index < -0.39 is 0 Å². The van der Waals surface area contributed by atoms with Crippen molar-refractivity contribution in [3.8, 4) is 5.88 Å². The van der Waals surface area contributed by atoms with Crippen LogP contribution in [0, 0.1) is 0 Å². The molecule has 0 fully saturated rings. The molecule has 0 saturated carbocycles. The summed E-state index contributed by atoms with van der Waals surface area (Å²) in [5, 5.41) is 2.99. The second kappa shape index (κ2) is 8.66. The zero-order chi connectivity index (χ0) is 14.1. The Kier molecular flexibility index (Phi) is 7.14. The molecule has 0 unspecified atom stereocenters. The molecule has 0 radical (unpaired) electrons. The van der Waals surface area contributed by atoms with E-state index in [1.165, 1.54) is 0 Å². The van der Waals surface area contributed by atoms with Crippen molar-refractivity contribution >= 4 is 5.82 Å². The van der Waals surface area contributed by atoms with Gasteiger partial charge in [-0.25, -0.2) is 4.98 Å². The van der Waals surface area contributed by atoms with Gasteiger partial charge in [-0.15, -0.1) is 0 Å². The van der Waals surface area contributed by atoms with Crippen LogP contribution in [0.15, 0.2) is 6.07 Å². The summed E-state index contributed by atoms with van der Waals surface area (Å²) in [6.07, 6.45) is 0. The third kappa shape index (κ3) is 5.40. The van der Waals surface area contributed by atoms with E-state index in [1.807, 2.05) is 7.05 Å². The highest BCUT2D eigenvalue weighted by atomic mass is 16.5. The number of nitrogens with zero attached hydrogens (tertiary/aromatic N) is 3. The number of hydrogen-bond acceptors (Lipinski definition) is 6. The van der Waals surface area contributed by atoms with Crippen LogP contribution in [0.4, 0.5) is 5.82 Å². The molecular weight excluding hydrogens is 244 g/mol. The normalized spacial score (nSPS) is 10.8. The molecule has 6 nitrogen and oxygen atoms in total. The molecular formula is C13H24N4O2. The molecule has 0 aliphatic carbocycles. The van der Waals surface area contributed by atoms with Gasteiger partial charge in [0, 0.05) is 26.8 Å². The van der Waals surface area contributed by atoms with E-state index in [1.54, 1.807) is 13.2 Å². The lowest BCUT2D eigenvalue weighted by Crippen LogP contribution is -2.28. The van der Waals surface area contributed by atoms with Crippen molar-refractivity contribution in [2.45, 2.75) is 20.5 Å². The van der Waals surface area contributed by atoms with Gasteiger partial charge in [-0.1, -0.05) is 13.8 Å². The molecule has 1 aromatic heterocycles. The zero-order valence-electron chi connectivity index (χ0n) is 12.3. The summed E-state index contributed by atoms with van der Waals surface area (Å²) in [5.74, 6) is 1.94. The Bertz CT molecular complexity index is 370. The predicted octanol–water partition coefficient (Wildman–Crippen LogP) is 1.39. The van der Waals surface area contributed by atoms with Crippen LogP contribution >= 0.6 is 0 Å². The number of hydrogen-bond donors (Lipinski definition) is 1. The first kappa shape index (κ1) is 15.7. The van der Waals surface area contributed by atoms with Gasteiger partial charge >= 0.3 is 0 Å². The molecule has 0 atom stereocenters. The van der Waals surface area contributed by atoms with Crippen molar-refractivity contribution in [2.24, 2.45) is 0 Å². The third-order valence-electron chi connectivity index (χ3n) is 2.83. The Morgan fingerprint density at radius 3 is 2.58 bits per heavy atom. The van der Waals surface area contributed by atoms with Crippen molar-refractivity contribution in [1.29, 1.82) is 0 Å². The van der Waals surface area contributed by atoms with E-state index in [4.69, 9.17) is 9.47 Å². The average molecular weight is 268 g/mol. The summed E-state index contributed by atoms with van der Waals surface area (Å²) >= 11 is 0. The topological polar surface area (TPSA) is 59.5 Å². The lowest BCUT2D eigenvalue weighted by Gasteiger charge is -2.18. The number of anilines is 1. The Morgan fingerprint density at radius 1 is 1.26 bits per heavy atom. The van der Waals surface area contributed by atoms with Crippen molar-refractivity contribution in [3.05, 3.63) is 11.9 Å². The zero-order valence-corrected chi connectivity index (χ0v) is 12.3. The van der Waals surface area contributed by atoms with Crippen LogP contribution in [-0.2, 0) is 11.3 Å². The highest BCUT2D eigenvalue weighted by molar-refractivity contribution is 5.37. The van der Waals surface area contributed by atoms with E-state index in [-0.39, 0.29) is 0 Å². The summed E-state index contributed by atoms with van der Waals surface area (Å²) in [4.78, 5) is 10.9. The molecule has 1 N–H and O–H groups in total. The molecule has 108 valence electrons. The van der Waals surface area contributed by atoms with Crippen LogP contribution in [0.5, 0.6) is 5.88 Å². The van der Waals surface area contributed by atoms with Crippen LogP contribution in [0.25, 0.3) is 0 Å². The Morgan fingerprint density at radius 2 is 2.00 bits per heavy atom. The number of ether oxygens (including phenoxy) is 2. The van der Waals surface area contributed by atoms with Crippen molar-refractivity contribution < 1.29 is 9.47 Å². The number of rotatable bonds is 9. The fourth-order valence-corrected chi connectivity index (χ4v) is 1.69. The van der Waals surface area contributed by atoms with Gasteiger partial charge in [0.05, 0.1) is 0 Å². The van der Waals surface area contributed by atoms with E-state index in [0.29, 0.717) is 24.9 Å². The molecule has 0 amide bonds. The predicted molar refractivity (Wildman–Crippen MR) is 75.6 cm³/mol. The molecule has 0 aliphatic heterocycles. The monoisotopic (exact) mass is 268 g/mol. The number of nitrogens with one attached hydrogen (secondary N) is 1. The molecule has 0 aliphatic rings. The van der Waals surface area contributed by atoms with Gasteiger partial charge in [0.15, 0.2) is 5.82 Å². The Labute approximate surface area is 115 Å². The SMILES string of the molecule is CCN(CC)CCOc1cc(NC)nc(COC)n1. The summed E-state index contributed by atoms with van der Waals surface area (Å²) in [7, 11) is 3.44. The fourth-order valence-electron chi connectivity index (χ4n) is 1.69. The van der Waals surface area contributed by atoms with Gasteiger partial charge in [-0.05, 0) is 13.1 Å². The molecule has 1 aromatic rings. The maximum Gasteiger partial charge on any atom is 0.218 e. The van der Waals surface area contributed by atoms with E-state index >= 15 is 0 Å². The number of likely N-dealkylation sites (N-methyl/N-ethyl adjacent to an activating group) is 1. The van der Waals surface area contributed by atoms with Gasteiger partial charge < -0.3 is 19.7 Å². The maximum atomic E-state index is 5.68. The van der Waals surface area contributed by atoms with Gasteiger partial charge in [0.2, 0.25) is 5.88 Å². The standard InChI is InChI=1S/C13H24N4O2/c1-5-17(6-2)7-8-19-13-9-11(14-3)15-12(16-13)10-18-4/h9H,5-8,10H2,1-4H3,(H,14,15,16). The van der Waals surface area contributed by atoms with Crippen LogP contribution in [-0.4, -0.2) is 55.3 Å². The molecule has 19 heavy (non-hydrogen) atoms. The molecule has 1 rings (SSSR count). The van der Waals surface area contributed by atoms with Gasteiger partial charge in [0.1, 0.15) is 19.0 Å². The molecule has 0 bridgehead atoms. The second-order valence-corrected chi connectivity index (χ2v) is 4.07. The Hall–Kier alpha value is -1.40. The van der Waals surface area contributed by atoms with Crippen molar-refractivity contribution in [3.63, 3.8) is 0 Å². The minimum absolute atomic E-state index is 0.377. The van der Waals surface area contributed by atoms with Crippen LogP contribution in [0.3, 0.4) is 0 Å². The van der Waals surface area contributed by atoms with Gasteiger partial charge in [0.25, 0.3) is 0 Å². The molecule has 0 saturated heterocycles. The van der Waals surface area contributed by atoms with Crippen molar-refractivity contribution in [1.82, 2.24) is 14.9 Å². The fraction of sp³-hybridized carbons (Fsp3) is 0.692. The summed E-state index contributed by atoms with van der Waals surface area (Å²) in [5.41, 5.74) is 0. The molecule has 0 aromatic carbocycles. The smallest absolute Gasteiger partial charge is 0.218 e.